The molecule has 3 aromatic carbocycles. The third-order valence-corrected chi connectivity index (χ3v) is 7.79. The number of fused-ring (bicyclic) bond motifs is 8. The predicted octanol–water partition coefficient (Wildman–Crippen LogP) is 8.00. The molecule has 0 atom stereocenters. The minimum atomic E-state index is -0.105. The van der Waals surface area contributed by atoms with Gasteiger partial charge in [-0.1, -0.05) is 42.0 Å². The zero-order valence-electron chi connectivity index (χ0n) is 15.4. The van der Waals surface area contributed by atoms with Crippen LogP contribution in [0.2, 0.25) is 0 Å². The van der Waals surface area contributed by atoms with Crippen molar-refractivity contribution in [3.63, 3.8) is 0 Å². The Balaban J connectivity index is 1.38. The highest BCUT2D eigenvalue weighted by Crippen LogP contribution is 2.55. The molecule has 0 unspecified atom stereocenters. The van der Waals surface area contributed by atoms with Crippen LogP contribution >= 0.6 is 22.7 Å². The summed E-state index contributed by atoms with van der Waals surface area (Å²) in [5, 5.41) is 2.30. The summed E-state index contributed by atoms with van der Waals surface area (Å²) in [6, 6.07) is 21.6. The van der Waals surface area contributed by atoms with Crippen molar-refractivity contribution in [1.29, 1.82) is 0 Å². The number of hydrogen-bond acceptors (Lipinski definition) is 2. The molecule has 5 aromatic rings. The first kappa shape index (κ1) is 16.5. The summed E-state index contributed by atoms with van der Waals surface area (Å²) in [5.74, 6) is 0. The van der Waals surface area contributed by atoms with E-state index in [1.54, 1.807) is 6.07 Å². The number of rotatable bonds is 3. The maximum absolute atomic E-state index is 13.8. The third kappa shape index (κ3) is 2.40. The van der Waals surface area contributed by atoms with E-state index in [4.69, 9.17) is 0 Å². The quantitative estimate of drug-likeness (QED) is 0.282. The third-order valence-electron chi connectivity index (χ3n) is 5.74. The Labute approximate surface area is 170 Å². The molecular formula is C25H17FS2. The van der Waals surface area contributed by atoms with Gasteiger partial charge in [0.25, 0.3) is 0 Å². The lowest BCUT2D eigenvalue weighted by atomic mass is 9.77. The first-order valence-corrected chi connectivity index (χ1v) is 11.1. The second-order valence-corrected chi connectivity index (χ2v) is 9.75. The highest BCUT2D eigenvalue weighted by molar-refractivity contribution is 7.19. The molecule has 0 aliphatic heterocycles. The van der Waals surface area contributed by atoms with E-state index in [0.717, 1.165) is 22.9 Å². The molecule has 2 aromatic heterocycles. The Bertz CT molecular complexity index is 1370. The van der Waals surface area contributed by atoms with E-state index in [1.807, 2.05) is 11.3 Å². The molecule has 0 spiro atoms. The van der Waals surface area contributed by atoms with E-state index in [-0.39, 0.29) is 5.13 Å². The molecule has 0 radical (unpaired) electrons. The first-order valence-electron chi connectivity index (χ1n) is 9.51. The number of halogens is 1. The Morgan fingerprint density at radius 1 is 0.714 bits per heavy atom. The number of thiophene rings is 2. The number of aryl methyl sites for hydroxylation is 3. The zero-order valence-corrected chi connectivity index (χ0v) is 17.0. The van der Waals surface area contributed by atoms with E-state index in [1.165, 1.54) is 59.7 Å². The van der Waals surface area contributed by atoms with Crippen LogP contribution in [0.1, 0.15) is 16.0 Å². The number of benzene rings is 3. The summed E-state index contributed by atoms with van der Waals surface area (Å²) >= 11 is 3.13. The van der Waals surface area contributed by atoms with Crippen LogP contribution in [0.4, 0.5) is 4.39 Å². The lowest BCUT2D eigenvalue weighted by Gasteiger charge is -2.25. The van der Waals surface area contributed by atoms with Gasteiger partial charge < -0.3 is 0 Å². The van der Waals surface area contributed by atoms with Crippen molar-refractivity contribution in [1.82, 2.24) is 0 Å². The van der Waals surface area contributed by atoms with Crippen LogP contribution in [0.3, 0.4) is 0 Å². The summed E-state index contributed by atoms with van der Waals surface area (Å²) in [7, 11) is 0. The molecule has 136 valence electrons. The van der Waals surface area contributed by atoms with E-state index >= 15 is 0 Å². The maximum Gasteiger partial charge on any atom is 0.177 e. The normalized spacial score (nSPS) is 12.2. The standard InChI is InChI=1S/C25H17FS2/c1-14-2-4-15(5-3-14)6-7-16-12-19-21(27-16)10-8-17-24(19)18-9-11-22-20(25(17)18)13-23(26)28-22/h2-5,8-13H,6-7H2,1H3. The molecule has 28 heavy (non-hydrogen) atoms. The van der Waals surface area contributed by atoms with Gasteiger partial charge in [-0.25, -0.2) is 0 Å². The first-order chi connectivity index (χ1) is 13.7. The van der Waals surface area contributed by atoms with Gasteiger partial charge in [0, 0.05) is 25.0 Å². The van der Waals surface area contributed by atoms with Gasteiger partial charge in [-0.3, -0.25) is 0 Å². The van der Waals surface area contributed by atoms with Gasteiger partial charge >= 0.3 is 0 Å². The maximum atomic E-state index is 13.8. The van der Waals surface area contributed by atoms with E-state index in [9.17, 15) is 4.39 Å². The minimum absolute atomic E-state index is 0.105. The fourth-order valence-electron chi connectivity index (χ4n) is 4.33. The Hall–Kier alpha value is -2.49. The Kier molecular flexibility index (Phi) is 3.53. The van der Waals surface area contributed by atoms with Gasteiger partial charge in [0.2, 0.25) is 0 Å². The average molecular weight is 401 g/mol. The van der Waals surface area contributed by atoms with Crippen LogP contribution < -0.4 is 0 Å². The fourth-order valence-corrected chi connectivity index (χ4v) is 6.19. The van der Waals surface area contributed by atoms with Gasteiger partial charge in [-0.05, 0) is 71.8 Å². The molecule has 3 heteroatoms. The SMILES string of the molecule is Cc1ccc(CCc2cc3c4c(ccc3s2)-c2c-4ccc3sc(F)cc23)cc1. The van der Waals surface area contributed by atoms with Crippen LogP contribution in [0, 0.1) is 12.1 Å². The van der Waals surface area contributed by atoms with Crippen molar-refractivity contribution < 1.29 is 4.39 Å². The summed E-state index contributed by atoms with van der Waals surface area (Å²) in [4.78, 5) is 1.43. The summed E-state index contributed by atoms with van der Waals surface area (Å²) in [6.07, 6.45) is 2.14. The van der Waals surface area contributed by atoms with Crippen molar-refractivity contribution in [2.24, 2.45) is 0 Å². The molecule has 0 nitrogen and oxygen atoms in total. The highest BCUT2D eigenvalue weighted by Gasteiger charge is 2.28. The van der Waals surface area contributed by atoms with Crippen molar-refractivity contribution in [2.75, 3.05) is 0 Å². The topological polar surface area (TPSA) is 0 Å². The average Bonchev–Trinajstić information content (AvgIpc) is 3.24. The molecule has 0 N–H and O–H groups in total. The lowest BCUT2D eigenvalue weighted by Crippen LogP contribution is -1.99. The monoisotopic (exact) mass is 400 g/mol. The molecule has 1 aliphatic rings. The minimum Gasteiger partial charge on any atom is -0.195 e. The van der Waals surface area contributed by atoms with Crippen molar-refractivity contribution in [3.05, 3.63) is 81.8 Å². The molecule has 2 heterocycles. The van der Waals surface area contributed by atoms with E-state index in [2.05, 4.69) is 61.5 Å². The second kappa shape index (κ2) is 6.00. The Morgan fingerprint density at radius 3 is 2.07 bits per heavy atom. The molecular weight excluding hydrogens is 383 g/mol. The van der Waals surface area contributed by atoms with Gasteiger partial charge in [0.05, 0.1) is 0 Å². The van der Waals surface area contributed by atoms with Gasteiger partial charge in [0.15, 0.2) is 5.13 Å². The molecule has 0 amide bonds. The summed E-state index contributed by atoms with van der Waals surface area (Å²) in [5.41, 5.74) is 7.81. The van der Waals surface area contributed by atoms with Crippen molar-refractivity contribution in [2.45, 2.75) is 19.8 Å². The zero-order chi connectivity index (χ0) is 18.8. The highest BCUT2D eigenvalue weighted by atomic mass is 32.1. The van der Waals surface area contributed by atoms with Crippen molar-refractivity contribution in [3.8, 4) is 22.3 Å². The van der Waals surface area contributed by atoms with Crippen LogP contribution in [0.5, 0.6) is 0 Å². The van der Waals surface area contributed by atoms with Crippen LogP contribution in [0.25, 0.3) is 42.4 Å². The van der Waals surface area contributed by atoms with Gasteiger partial charge in [-0.15, -0.1) is 22.7 Å². The van der Waals surface area contributed by atoms with Crippen molar-refractivity contribution >= 4 is 42.8 Å². The smallest absolute Gasteiger partial charge is 0.177 e. The molecule has 0 saturated carbocycles. The molecule has 0 saturated heterocycles. The van der Waals surface area contributed by atoms with Crippen LogP contribution in [-0.4, -0.2) is 0 Å². The molecule has 0 fully saturated rings. The van der Waals surface area contributed by atoms with Crippen LogP contribution in [-0.2, 0) is 12.8 Å². The Morgan fingerprint density at radius 2 is 1.36 bits per heavy atom. The fraction of sp³-hybridized carbons (Fsp3) is 0.120. The molecule has 0 bridgehead atoms. The summed E-state index contributed by atoms with van der Waals surface area (Å²) in [6.45, 7) is 2.13. The largest absolute Gasteiger partial charge is 0.195 e. The second-order valence-electron chi connectivity index (χ2n) is 7.55. The van der Waals surface area contributed by atoms with E-state index < -0.39 is 0 Å². The van der Waals surface area contributed by atoms with E-state index in [0.29, 0.717) is 0 Å². The van der Waals surface area contributed by atoms with Crippen LogP contribution in [0.15, 0.2) is 60.7 Å². The number of hydrogen-bond donors (Lipinski definition) is 0. The molecule has 6 rings (SSSR count). The van der Waals surface area contributed by atoms with Gasteiger partial charge in [-0.2, -0.15) is 4.39 Å². The predicted molar refractivity (Wildman–Crippen MR) is 120 cm³/mol. The summed E-state index contributed by atoms with van der Waals surface area (Å²) < 4.78 is 16.1. The molecule has 1 aliphatic carbocycles. The lowest BCUT2D eigenvalue weighted by molar-refractivity contribution is 0.658. The van der Waals surface area contributed by atoms with Gasteiger partial charge in [0.1, 0.15) is 0 Å².